The Hall–Kier alpha value is -0.960. The topological polar surface area (TPSA) is 55.4 Å². The normalized spacial score (nSPS) is 26.6. The highest BCUT2D eigenvalue weighted by Crippen LogP contribution is 1.90. The quantitative estimate of drug-likeness (QED) is 0.456. The summed E-state index contributed by atoms with van der Waals surface area (Å²) < 4.78 is 0. The van der Waals surface area contributed by atoms with E-state index < -0.39 is 6.17 Å². The van der Waals surface area contributed by atoms with Crippen molar-refractivity contribution >= 4 is 12.0 Å². The molecule has 3 heteroatoms. The fourth-order valence-corrected chi connectivity index (χ4v) is 0.452. The first-order chi connectivity index (χ1) is 3.80. The number of allylic oxidation sites excluding steroid dienone is 1. The van der Waals surface area contributed by atoms with E-state index in [1.807, 2.05) is 0 Å². The van der Waals surface area contributed by atoms with Gasteiger partial charge in [0.25, 0.3) is 0 Å². The number of nitrogens with two attached hydrogens (primary N) is 1. The van der Waals surface area contributed by atoms with Crippen LogP contribution in [0.25, 0.3) is 0 Å². The van der Waals surface area contributed by atoms with Crippen LogP contribution < -0.4 is 5.73 Å². The third-order valence-corrected chi connectivity index (χ3v) is 0.885. The Bertz CT molecular complexity index is 160. The van der Waals surface area contributed by atoms with Gasteiger partial charge in [-0.2, -0.15) is 0 Å². The maximum Gasteiger partial charge on any atom is 0.194 e. The molecule has 2 N–H and O–H groups in total. The van der Waals surface area contributed by atoms with Gasteiger partial charge in [0.15, 0.2) is 11.9 Å². The molecule has 1 rings (SSSR count). The first-order valence-corrected chi connectivity index (χ1v) is 2.30. The van der Waals surface area contributed by atoms with Crippen molar-refractivity contribution in [3.8, 4) is 0 Å². The zero-order valence-corrected chi connectivity index (χ0v) is 4.24. The summed E-state index contributed by atoms with van der Waals surface area (Å²) in [5, 5.41) is 0. The first kappa shape index (κ1) is 5.18. The van der Waals surface area contributed by atoms with Gasteiger partial charge in [0.1, 0.15) is 0 Å². The van der Waals surface area contributed by atoms with Crippen LogP contribution >= 0.6 is 0 Å². The second-order valence-corrected chi connectivity index (χ2v) is 1.50. The summed E-state index contributed by atoms with van der Waals surface area (Å²) >= 11 is 0. The largest absolute Gasteiger partial charge is 0.303 e. The van der Waals surface area contributed by atoms with Gasteiger partial charge in [0, 0.05) is 6.21 Å². The van der Waals surface area contributed by atoms with Gasteiger partial charge < -0.3 is 5.73 Å². The van der Waals surface area contributed by atoms with E-state index in [9.17, 15) is 4.79 Å². The Balaban J connectivity index is 2.74. The van der Waals surface area contributed by atoms with Crippen molar-refractivity contribution in [2.45, 2.75) is 6.17 Å². The number of dihydropyridines is 1. The van der Waals surface area contributed by atoms with Gasteiger partial charge in [-0.1, -0.05) is 0 Å². The maximum absolute atomic E-state index is 10.5. The molecule has 1 aliphatic rings. The summed E-state index contributed by atoms with van der Waals surface area (Å²) in [6.07, 6.45) is 3.86. The van der Waals surface area contributed by atoms with Crippen molar-refractivity contribution in [2.75, 3.05) is 0 Å². The standard InChI is InChI=1S/C5H6N2O/c6-5-4(8)2-1-3-7-5/h1-3,5H,6H2. The van der Waals surface area contributed by atoms with Crippen LogP contribution in [0.5, 0.6) is 0 Å². The first-order valence-electron chi connectivity index (χ1n) is 2.30. The molecule has 42 valence electrons. The SMILES string of the molecule is NC1N=CC=CC1=O. The van der Waals surface area contributed by atoms with E-state index in [0.29, 0.717) is 0 Å². The van der Waals surface area contributed by atoms with Crippen LogP contribution in [0.3, 0.4) is 0 Å². The molecule has 0 saturated carbocycles. The van der Waals surface area contributed by atoms with E-state index in [4.69, 9.17) is 5.73 Å². The fraction of sp³-hybridized carbons (Fsp3) is 0.200. The van der Waals surface area contributed by atoms with Crippen molar-refractivity contribution in [3.63, 3.8) is 0 Å². The molecule has 1 unspecified atom stereocenters. The number of nitrogens with zero attached hydrogens (tertiary/aromatic N) is 1. The molecule has 1 aliphatic heterocycles. The molecule has 0 saturated heterocycles. The summed E-state index contributed by atoms with van der Waals surface area (Å²) in [5.74, 6) is -0.132. The number of ketones is 1. The Kier molecular flexibility index (Phi) is 1.22. The lowest BCUT2D eigenvalue weighted by Gasteiger charge is -2.01. The molecule has 0 spiro atoms. The summed E-state index contributed by atoms with van der Waals surface area (Å²) in [7, 11) is 0. The van der Waals surface area contributed by atoms with Crippen LogP contribution in [0, 0.1) is 0 Å². The van der Waals surface area contributed by atoms with Crippen LogP contribution in [0.1, 0.15) is 0 Å². The van der Waals surface area contributed by atoms with Crippen LogP contribution in [0.4, 0.5) is 0 Å². The van der Waals surface area contributed by atoms with Crippen molar-refractivity contribution in [3.05, 3.63) is 12.2 Å². The van der Waals surface area contributed by atoms with E-state index in [1.165, 1.54) is 12.3 Å². The number of hydrogen-bond acceptors (Lipinski definition) is 3. The van der Waals surface area contributed by atoms with E-state index in [1.54, 1.807) is 6.08 Å². The highest BCUT2D eigenvalue weighted by Gasteiger charge is 2.07. The van der Waals surface area contributed by atoms with E-state index in [-0.39, 0.29) is 5.78 Å². The van der Waals surface area contributed by atoms with Crippen LogP contribution in [-0.4, -0.2) is 18.2 Å². The molecule has 8 heavy (non-hydrogen) atoms. The van der Waals surface area contributed by atoms with Crippen LogP contribution in [-0.2, 0) is 4.79 Å². The lowest BCUT2D eigenvalue weighted by atomic mass is 10.2. The third kappa shape index (κ3) is 0.816. The molecule has 0 aromatic heterocycles. The minimum Gasteiger partial charge on any atom is -0.303 e. The highest BCUT2D eigenvalue weighted by atomic mass is 16.1. The van der Waals surface area contributed by atoms with E-state index in [0.717, 1.165) is 0 Å². The molecule has 0 aromatic rings. The zero-order valence-electron chi connectivity index (χ0n) is 4.24. The molecule has 3 nitrogen and oxygen atoms in total. The van der Waals surface area contributed by atoms with Gasteiger partial charge in [-0.25, -0.2) is 0 Å². The van der Waals surface area contributed by atoms with E-state index in [2.05, 4.69) is 4.99 Å². The number of aliphatic imine (C=N–C) groups is 1. The van der Waals surface area contributed by atoms with Gasteiger partial charge in [0.2, 0.25) is 0 Å². The molecule has 0 radical (unpaired) electrons. The summed E-state index contributed by atoms with van der Waals surface area (Å²) in [6.45, 7) is 0. The Morgan fingerprint density at radius 3 is 2.88 bits per heavy atom. The third-order valence-electron chi connectivity index (χ3n) is 0.885. The fourth-order valence-electron chi connectivity index (χ4n) is 0.452. The lowest BCUT2D eigenvalue weighted by Crippen LogP contribution is -2.28. The second-order valence-electron chi connectivity index (χ2n) is 1.50. The molecule has 1 heterocycles. The number of rotatable bonds is 0. The van der Waals surface area contributed by atoms with Crippen molar-refractivity contribution < 1.29 is 4.79 Å². The highest BCUT2D eigenvalue weighted by molar-refractivity contribution is 6.00. The average Bonchev–Trinajstić information content (AvgIpc) is 1.77. The molecule has 0 aliphatic carbocycles. The minimum atomic E-state index is -0.653. The van der Waals surface area contributed by atoms with Gasteiger partial charge in [-0.3, -0.25) is 9.79 Å². The number of carbonyl (C=O) groups excluding carboxylic acids is 1. The monoisotopic (exact) mass is 110 g/mol. The summed E-state index contributed by atoms with van der Waals surface area (Å²) in [5.41, 5.74) is 5.18. The van der Waals surface area contributed by atoms with Crippen LogP contribution in [0.15, 0.2) is 17.1 Å². The van der Waals surface area contributed by atoms with Gasteiger partial charge in [-0.05, 0) is 12.2 Å². The molecule has 0 fully saturated rings. The van der Waals surface area contributed by atoms with E-state index >= 15 is 0 Å². The summed E-state index contributed by atoms with van der Waals surface area (Å²) in [6, 6.07) is 0. The number of carbonyl (C=O) groups is 1. The second kappa shape index (κ2) is 1.88. The molecule has 0 aromatic carbocycles. The van der Waals surface area contributed by atoms with Crippen molar-refractivity contribution in [1.29, 1.82) is 0 Å². The molecule has 1 atom stereocenters. The lowest BCUT2D eigenvalue weighted by molar-refractivity contribution is -0.115. The van der Waals surface area contributed by atoms with Gasteiger partial charge in [-0.15, -0.1) is 0 Å². The average molecular weight is 110 g/mol. The van der Waals surface area contributed by atoms with Gasteiger partial charge in [0.05, 0.1) is 0 Å². The van der Waals surface area contributed by atoms with Crippen LogP contribution in [0.2, 0.25) is 0 Å². The Morgan fingerprint density at radius 2 is 2.50 bits per heavy atom. The molecule has 0 amide bonds. The maximum atomic E-state index is 10.5. The van der Waals surface area contributed by atoms with Crippen molar-refractivity contribution in [1.82, 2.24) is 0 Å². The van der Waals surface area contributed by atoms with Crippen molar-refractivity contribution in [2.24, 2.45) is 10.7 Å². The smallest absolute Gasteiger partial charge is 0.194 e. The predicted octanol–water partition coefficient (Wildman–Crippen LogP) is -0.519. The zero-order chi connectivity index (χ0) is 5.98. The number of hydrogen-bond donors (Lipinski definition) is 1. The Labute approximate surface area is 46.9 Å². The molecular formula is C5H6N2O. The molecule has 0 bridgehead atoms. The molecular weight excluding hydrogens is 104 g/mol. The Morgan fingerprint density at radius 1 is 1.75 bits per heavy atom. The summed E-state index contributed by atoms with van der Waals surface area (Å²) in [4.78, 5) is 14.1. The minimum absolute atomic E-state index is 0.132. The predicted molar refractivity (Wildman–Crippen MR) is 30.6 cm³/mol. The van der Waals surface area contributed by atoms with Gasteiger partial charge >= 0.3 is 0 Å².